The number of carbonyl (C=O) groups excluding carboxylic acids is 1. The van der Waals surface area contributed by atoms with Crippen molar-refractivity contribution in [2.75, 3.05) is 5.32 Å². The van der Waals surface area contributed by atoms with Gasteiger partial charge in [0, 0.05) is 27.9 Å². The Bertz CT molecular complexity index is 1040. The zero-order chi connectivity index (χ0) is 21.1. The molecule has 2 aromatic heterocycles. The van der Waals surface area contributed by atoms with Gasteiger partial charge in [0.05, 0.1) is 23.4 Å². The van der Waals surface area contributed by atoms with Gasteiger partial charge in [0.2, 0.25) is 0 Å². The van der Waals surface area contributed by atoms with Gasteiger partial charge >= 0.3 is 5.82 Å². The van der Waals surface area contributed by atoms with Crippen molar-refractivity contribution < 1.29 is 9.72 Å². The molecule has 1 atom stereocenters. The molecule has 11 heteroatoms. The number of amides is 1. The predicted octanol–water partition coefficient (Wildman–Crippen LogP) is 4.24. The van der Waals surface area contributed by atoms with E-state index in [2.05, 4.69) is 15.5 Å². The van der Waals surface area contributed by atoms with Gasteiger partial charge in [-0.15, -0.1) is 0 Å². The average Bonchev–Trinajstić information content (AvgIpc) is 3.26. The molecule has 0 saturated carbocycles. The summed E-state index contributed by atoms with van der Waals surface area (Å²) in [5, 5.41) is 23.0. The summed E-state index contributed by atoms with van der Waals surface area (Å²) < 4.78 is 2.96. The van der Waals surface area contributed by atoms with Crippen LogP contribution in [0.3, 0.4) is 0 Å². The molecule has 1 aromatic carbocycles. The number of aromatic nitrogens is 4. The molecule has 0 radical (unpaired) electrons. The van der Waals surface area contributed by atoms with E-state index >= 15 is 0 Å². The molecule has 3 rings (SSSR count). The SMILES string of the molecule is CCC(C(=O)Nc1ccn(Cc2c(Cl)cccc2Cl)n1)n1nc([N+](=O)[O-])cc1C. The first-order valence-corrected chi connectivity index (χ1v) is 9.53. The highest BCUT2D eigenvalue weighted by molar-refractivity contribution is 6.35. The van der Waals surface area contributed by atoms with Gasteiger partial charge in [0.25, 0.3) is 5.91 Å². The number of carbonyl (C=O) groups is 1. The predicted molar refractivity (Wildman–Crippen MR) is 109 cm³/mol. The molecule has 0 aliphatic rings. The molecular weight excluding hydrogens is 419 g/mol. The van der Waals surface area contributed by atoms with Crippen LogP contribution in [0.2, 0.25) is 10.0 Å². The fourth-order valence-corrected chi connectivity index (χ4v) is 3.43. The molecule has 0 aliphatic heterocycles. The minimum atomic E-state index is -0.702. The molecule has 29 heavy (non-hydrogen) atoms. The van der Waals surface area contributed by atoms with Crippen LogP contribution in [0.4, 0.5) is 11.6 Å². The van der Waals surface area contributed by atoms with Crippen molar-refractivity contribution in [1.82, 2.24) is 19.6 Å². The molecular formula is C18H18Cl2N6O3. The summed E-state index contributed by atoms with van der Waals surface area (Å²) in [5.41, 5.74) is 1.25. The van der Waals surface area contributed by atoms with Gasteiger partial charge in [0.1, 0.15) is 0 Å². The van der Waals surface area contributed by atoms with Crippen molar-refractivity contribution in [2.45, 2.75) is 32.9 Å². The van der Waals surface area contributed by atoms with E-state index in [1.165, 1.54) is 10.7 Å². The lowest BCUT2D eigenvalue weighted by molar-refractivity contribution is -0.389. The summed E-state index contributed by atoms with van der Waals surface area (Å²) in [4.78, 5) is 23.1. The first-order chi connectivity index (χ1) is 13.8. The third-order valence-electron chi connectivity index (χ3n) is 4.35. The zero-order valence-corrected chi connectivity index (χ0v) is 17.2. The second-order valence-electron chi connectivity index (χ2n) is 6.36. The molecule has 2 heterocycles. The van der Waals surface area contributed by atoms with Crippen molar-refractivity contribution in [3.05, 3.63) is 67.9 Å². The fraction of sp³-hybridized carbons (Fsp3) is 0.278. The van der Waals surface area contributed by atoms with Gasteiger partial charge in [-0.3, -0.25) is 9.48 Å². The van der Waals surface area contributed by atoms with Crippen molar-refractivity contribution in [1.29, 1.82) is 0 Å². The number of nitrogens with zero attached hydrogens (tertiary/aromatic N) is 5. The fourth-order valence-electron chi connectivity index (χ4n) is 2.92. The van der Waals surface area contributed by atoms with Crippen molar-refractivity contribution in [3.63, 3.8) is 0 Å². The lowest BCUT2D eigenvalue weighted by Crippen LogP contribution is -2.27. The standard InChI is InChI=1S/C18H18Cl2N6O3/c1-3-15(25-11(2)9-17(23-25)26(28)29)18(27)21-16-7-8-24(22-16)10-12-13(19)5-4-6-14(12)20/h4-9,15H,3,10H2,1-2H3,(H,21,22,27). The molecule has 152 valence electrons. The number of hydrogen-bond acceptors (Lipinski definition) is 5. The second-order valence-corrected chi connectivity index (χ2v) is 7.17. The summed E-state index contributed by atoms with van der Waals surface area (Å²) in [6.07, 6.45) is 2.10. The number of halogens is 2. The minimum absolute atomic E-state index is 0.297. The van der Waals surface area contributed by atoms with E-state index in [-0.39, 0.29) is 11.7 Å². The van der Waals surface area contributed by atoms with Crippen molar-refractivity contribution in [2.24, 2.45) is 0 Å². The molecule has 1 amide bonds. The molecule has 9 nitrogen and oxygen atoms in total. The van der Waals surface area contributed by atoms with Crippen LogP contribution in [0.1, 0.15) is 30.6 Å². The molecule has 0 fully saturated rings. The Morgan fingerprint density at radius 1 is 1.28 bits per heavy atom. The van der Waals surface area contributed by atoms with E-state index in [1.807, 2.05) is 0 Å². The molecule has 0 saturated heterocycles. The number of hydrogen-bond donors (Lipinski definition) is 1. The van der Waals surface area contributed by atoms with Gasteiger partial charge in [-0.25, -0.2) is 0 Å². The molecule has 0 bridgehead atoms. The highest BCUT2D eigenvalue weighted by Crippen LogP contribution is 2.25. The van der Waals surface area contributed by atoms with E-state index in [0.29, 0.717) is 34.5 Å². The lowest BCUT2D eigenvalue weighted by atomic mass is 10.2. The van der Waals surface area contributed by atoms with Crippen LogP contribution in [0.25, 0.3) is 0 Å². The van der Waals surface area contributed by atoms with Gasteiger partial charge in [-0.05, 0) is 30.4 Å². The Labute approximate surface area is 176 Å². The number of benzene rings is 1. The van der Waals surface area contributed by atoms with Crippen LogP contribution in [0.5, 0.6) is 0 Å². The third-order valence-corrected chi connectivity index (χ3v) is 5.06. The number of nitrogens with one attached hydrogen (secondary N) is 1. The monoisotopic (exact) mass is 436 g/mol. The quantitative estimate of drug-likeness (QED) is 0.439. The summed E-state index contributed by atoms with van der Waals surface area (Å²) in [6, 6.07) is 7.52. The maximum atomic E-state index is 12.7. The van der Waals surface area contributed by atoms with Crippen molar-refractivity contribution in [3.8, 4) is 0 Å². The summed E-state index contributed by atoms with van der Waals surface area (Å²) in [6.45, 7) is 3.81. The Morgan fingerprint density at radius 3 is 2.55 bits per heavy atom. The average molecular weight is 437 g/mol. The first kappa shape index (κ1) is 20.8. The minimum Gasteiger partial charge on any atom is -0.358 e. The lowest BCUT2D eigenvalue weighted by Gasteiger charge is -2.13. The third kappa shape index (κ3) is 4.57. The Kier molecular flexibility index (Phi) is 6.19. The Balaban J connectivity index is 1.74. The van der Waals surface area contributed by atoms with E-state index in [1.54, 1.807) is 49.0 Å². The smallest absolute Gasteiger partial charge is 0.358 e. The zero-order valence-electron chi connectivity index (χ0n) is 15.7. The van der Waals surface area contributed by atoms with Crippen LogP contribution >= 0.6 is 23.2 Å². The molecule has 3 aromatic rings. The van der Waals surface area contributed by atoms with E-state index in [4.69, 9.17) is 23.2 Å². The maximum Gasteiger partial charge on any atom is 0.390 e. The van der Waals surface area contributed by atoms with E-state index < -0.39 is 11.0 Å². The first-order valence-electron chi connectivity index (χ1n) is 8.78. The van der Waals surface area contributed by atoms with Crippen LogP contribution in [-0.4, -0.2) is 30.4 Å². The van der Waals surface area contributed by atoms with Gasteiger partial charge < -0.3 is 15.4 Å². The summed E-state index contributed by atoms with van der Waals surface area (Å²) >= 11 is 12.4. The summed E-state index contributed by atoms with van der Waals surface area (Å²) in [5.74, 6) is -0.319. The largest absolute Gasteiger partial charge is 0.390 e. The second kappa shape index (κ2) is 8.62. The van der Waals surface area contributed by atoms with Gasteiger partial charge in [0.15, 0.2) is 11.9 Å². The van der Waals surface area contributed by atoms with Gasteiger partial charge in [-0.1, -0.05) is 36.2 Å². The Morgan fingerprint density at radius 2 is 1.97 bits per heavy atom. The maximum absolute atomic E-state index is 12.7. The topological polar surface area (TPSA) is 108 Å². The highest BCUT2D eigenvalue weighted by Gasteiger charge is 2.27. The van der Waals surface area contributed by atoms with Crippen LogP contribution in [0, 0.1) is 17.0 Å². The number of anilines is 1. The molecule has 0 spiro atoms. The number of rotatable bonds is 7. The van der Waals surface area contributed by atoms with Crippen molar-refractivity contribution >= 4 is 40.7 Å². The Hall–Kier alpha value is -2.91. The summed E-state index contributed by atoms with van der Waals surface area (Å²) in [7, 11) is 0. The number of aryl methyl sites for hydroxylation is 1. The van der Waals surface area contributed by atoms with E-state index in [0.717, 1.165) is 5.56 Å². The number of nitro groups is 1. The highest BCUT2D eigenvalue weighted by atomic mass is 35.5. The van der Waals surface area contributed by atoms with E-state index in [9.17, 15) is 14.9 Å². The van der Waals surface area contributed by atoms with Crippen LogP contribution in [-0.2, 0) is 11.3 Å². The molecule has 1 N–H and O–H groups in total. The molecule has 0 aliphatic carbocycles. The van der Waals surface area contributed by atoms with Crippen LogP contribution < -0.4 is 5.32 Å². The van der Waals surface area contributed by atoms with Crippen LogP contribution in [0.15, 0.2) is 36.5 Å². The molecule has 1 unspecified atom stereocenters. The normalized spacial score (nSPS) is 12.0. The van der Waals surface area contributed by atoms with Gasteiger partial charge in [-0.2, -0.15) is 9.78 Å².